The number of hydrogen-bond acceptors (Lipinski definition) is 6. The highest BCUT2D eigenvalue weighted by molar-refractivity contribution is 7.60. The number of aliphatic hydroxyl groups excluding tert-OH is 1. The summed E-state index contributed by atoms with van der Waals surface area (Å²) < 4.78 is 34.4. The van der Waals surface area contributed by atoms with Crippen LogP contribution in [0.5, 0.6) is 0 Å². The van der Waals surface area contributed by atoms with Gasteiger partial charge in [-0.2, -0.15) is 4.31 Å². The molecule has 0 aliphatic carbocycles. The Balaban J connectivity index is 2.45. The maximum absolute atomic E-state index is 11.1. The van der Waals surface area contributed by atoms with Crippen LogP contribution in [0.4, 0.5) is 0 Å². The molecule has 0 aromatic heterocycles. The second-order valence-corrected chi connectivity index (χ2v) is 6.45. The summed E-state index contributed by atoms with van der Waals surface area (Å²) in [7, 11) is -9.98. The Bertz CT molecular complexity index is 351. The summed E-state index contributed by atoms with van der Waals surface area (Å²) in [5.41, 5.74) is 0. The normalized spacial score (nSPS) is 33.6. The summed E-state index contributed by atoms with van der Waals surface area (Å²) in [5, 5.41) is 9.42. The van der Waals surface area contributed by atoms with E-state index in [0.717, 1.165) is 0 Å². The van der Waals surface area contributed by atoms with Crippen molar-refractivity contribution in [3.05, 3.63) is 0 Å². The van der Waals surface area contributed by atoms with Gasteiger partial charge in [0.25, 0.3) is 0 Å². The monoisotopic (exact) mass is 292 g/mol. The first-order valence-electron chi connectivity index (χ1n) is 4.67. The van der Waals surface area contributed by atoms with Crippen molar-refractivity contribution in [2.45, 2.75) is 31.7 Å². The molecule has 17 heavy (non-hydrogen) atoms. The van der Waals surface area contributed by atoms with Crippen LogP contribution in [0.1, 0.15) is 13.3 Å². The Morgan fingerprint density at radius 2 is 1.94 bits per heavy atom. The predicted octanol–water partition coefficient (Wildman–Crippen LogP) is -0.249. The minimum absolute atomic E-state index is 0.223. The van der Waals surface area contributed by atoms with Crippen molar-refractivity contribution in [2.75, 3.05) is 6.61 Å². The average Bonchev–Trinajstić information content (AvgIpc) is 2.37. The van der Waals surface area contributed by atoms with E-state index in [1.165, 1.54) is 0 Å². The fourth-order valence-corrected chi connectivity index (χ4v) is 3.01. The van der Waals surface area contributed by atoms with Crippen LogP contribution in [-0.4, -0.2) is 44.7 Å². The number of hydrogen-bond donors (Lipinski definition) is 4. The van der Waals surface area contributed by atoms with Crippen molar-refractivity contribution in [3.63, 3.8) is 0 Å². The maximum Gasteiger partial charge on any atom is 0.481 e. The molecule has 1 heterocycles. The van der Waals surface area contributed by atoms with E-state index in [4.69, 9.17) is 19.4 Å². The van der Waals surface area contributed by atoms with Crippen molar-refractivity contribution in [1.82, 2.24) is 0 Å². The number of phosphoric ester groups is 1. The molecule has 11 heteroatoms. The highest BCUT2D eigenvalue weighted by Crippen LogP contribution is 2.57. The topological polar surface area (TPSA) is 143 Å². The molecule has 4 N–H and O–H groups in total. The highest BCUT2D eigenvalue weighted by atomic mass is 31.3. The molecule has 0 bridgehead atoms. The number of rotatable bonds is 5. The van der Waals surface area contributed by atoms with Gasteiger partial charge < -0.3 is 24.5 Å². The van der Waals surface area contributed by atoms with Crippen LogP contribution in [-0.2, 0) is 22.7 Å². The second-order valence-electron chi connectivity index (χ2n) is 3.62. The number of ether oxygens (including phenoxy) is 1. The van der Waals surface area contributed by atoms with E-state index in [0.29, 0.717) is 6.42 Å². The molecule has 1 saturated heterocycles. The molecule has 0 radical (unpaired) electrons. The molecule has 0 aromatic carbocycles. The molecular formula is C6H14O9P2. The van der Waals surface area contributed by atoms with E-state index in [-0.39, 0.29) is 6.10 Å². The van der Waals surface area contributed by atoms with Gasteiger partial charge in [0.15, 0.2) is 0 Å². The van der Waals surface area contributed by atoms with Gasteiger partial charge in [-0.15, -0.1) is 0 Å². The Kier molecular flexibility index (Phi) is 4.88. The number of aliphatic hydroxyl groups is 1. The zero-order chi connectivity index (χ0) is 13.3. The van der Waals surface area contributed by atoms with Crippen LogP contribution in [0.15, 0.2) is 0 Å². The third-order valence-electron chi connectivity index (χ3n) is 2.02. The van der Waals surface area contributed by atoms with Gasteiger partial charge in [0.1, 0.15) is 6.10 Å². The predicted molar refractivity (Wildman–Crippen MR) is 53.9 cm³/mol. The van der Waals surface area contributed by atoms with Gasteiger partial charge in [0, 0.05) is 6.42 Å². The van der Waals surface area contributed by atoms with Crippen molar-refractivity contribution in [1.29, 1.82) is 0 Å². The van der Waals surface area contributed by atoms with Crippen LogP contribution in [0.25, 0.3) is 0 Å². The lowest BCUT2D eigenvalue weighted by molar-refractivity contribution is -0.0167. The third-order valence-corrected chi connectivity index (χ3v) is 4.17. The molecule has 1 rings (SSSR count). The standard InChI is InChI=1S/C6H14O9P2/c1-4-2-5(7)6(14-4)3-13-17(11,12)15-16(8,9)10/h4-7H,2-3H2,1H3,(H,11,12)(H2,8,9,10)/t4-,5+,6+/m0/s1. The van der Waals surface area contributed by atoms with Crippen molar-refractivity contribution >= 4 is 15.6 Å². The molecule has 0 aromatic rings. The molecule has 1 unspecified atom stereocenters. The highest BCUT2D eigenvalue weighted by Gasteiger charge is 2.37. The third kappa shape index (κ3) is 5.56. The Morgan fingerprint density at radius 3 is 2.35 bits per heavy atom. The summed E-state index contributed by atoms with van der Waals surface area (Å²) in [6, 6.07) is 0. The van der Waals surface area contributed by atoms with Gasteiger partial charge in [0.05, 0.1) is 18.8 Å². The molecule has 9 nitrogen and oxygen atoms in total. The molecule has 0 saturated carbocycles. The zero-order valence-electron chi connectivity index (χ0n) is 8.87. The van der Waals surface area contributed by atoms with Crippen LogP contribution >= 0.6 is 15.6 Å². The van der Waals surface area contributed by atoms with Crippen LogP contribution in [0.2, 0.25) is 0 Å². The Morgan fingerprint density at radius 1 is 1.35 bits per heavy atom. The van der Waals surface area contributed by atoms with Crippen molar-refractivity contribution in [3.8, 4) is 0 Å². The zero-order valence-corrected chi connectivity index (χ0v) is 10.7. The first-order valence-corrected chi connectivity index (χ1v) is 7.69. The van der Waals surface area contributed by atoms with E-state index in [2.05, 4.69) is 8.83 Å². The summed E-state index contributed by atoms with van der Waals surface area (Å²) in [5.74, 6) is 0. The summed E-state index contributed by atoms with van der Waals surface area (Å²) >= 11 is 0. The average molecular weight is 292 g/mol. The lowest BCUT2D eigenvalue weighted by Crippen LogP contribution is -2.26. The minimum Gasteiger partial charge on any atom is -0.390 e. The molecule has 4 atom stereocenters. The van der Waals surface area contributed by atoms with Crippen molar-refractivity contribution in [2.24, 2.45) is 0 Å². The van der Waals surface area contributed by atoms with Gasteiger partial charge >= 0.3 is 15.6 Å². The largest absolute Gasteiger partial charge is 0.481 e. The SMILES string of the molecule is C[C@H]1C[C@@H](O)[C@@H](COP(=O)(O)OP(=O)(O)O)O1. The van der Waals surface area contributed by atoms with Crippen LogP contribution in [0, 0.1) is 0 Å². The van der Waals surface area contributed by atoms with Gasteiger partial charge in [-0.1, -0.05) is 0 Å². The summed E-state index contributed by atoms with van der Waals surface area (Å²) in [6.45, 7) is 1.20. The van der Waals surface area contributed by atoms with E-state index >= 15 is 0 Å². The lowest BCUT2D eigenvalue weighted by atomic mass is 10.1. The van der Waals surface area contributed by atoms with E-state index < -0.39 is 34.5 Å². The van der Waals surface area contributed by atoms with E-state index in [1.54, 1.807) is 6.92 Å². The first kappa shape index (κ1) is 15.2. The van der Waals surface area contributed by atoms with Gasteiger partial charge in [-0.05, 0) is 6.92 Å². The molecule has 1 fully saturated rings. The molecule has 1 aliphatic rings. The maximum atomic E-state index is 11.1. The molecule has 0 amide bonds. The fourth-order valence-electron chi connectivity index (χ4n) is 1.41. The van der Waals surface area contributed by atoms with Gasteiger partial charge in [-0.3, -0.25) is 4.52 Å². The molecular weight excluding hydrogens is 278 g/mol. The van der Waals surface area contributed by atoms with Gasteiger partial charge in [0.2, 0.25) is 0 Å². The second kappa shape index (κ2) is 5.44. The Labute approximate surface area is 97.2 Å². The van der Waals surface area contributed by atoms with Gasteiger partial charge in [-0.25, -0.2) is 9.13 Å². The van der Waals surface area contributed by atoms with E-state index in [1.807, 2.05) is 0 Å². The van der Waals surface area contributed by atoms with Crippen LogP contribution < -0.4 is 0 Å². The van der Waals surface area contributed by atoms with E-state index in [9.17, 15) is 14.2 Å². The smallest absolute Gasteiger partial charge is 0.390 e. The lowest BCUT2D eigenvalue weighted by Gasteiger charge is -2.17. The quantitative estimate of drug-likeness (QED) is 0.504. The Hall–Kier alpha value is 0.180. The molecule has 1 aliphatic heterocycles. The fraction of sp³-hybridized carbons (Fsp3) is 1.00. The molecule has 0 spiro atoms. The van der Waals surface area contributed by atoms with Crippen LogP contribution in [0.3, 0.4) is 0 Å². The summed E-state index contributed by atoms with van der Waals surface area (Å²) in [6.07, 6.45) is -1.56. The molecule has 102 valence electrons. The number of phosphoric acid groups is 2. The summed E-state index contributed by atoms with van der Waals surface area (Å²) in [4.78, 5) is 25.6. The first-order chi connectivity index (χ1) is 7.59. The minimum atomic E-state index is -5.12. The van der Waals surface area contributed by atoms with Crippen molar-refractivity contribution < 1.29 is 42.5 Å².